The summed E-state index contributed by atoms with van der Waals surface area (Å²) in [4.78, 5) is 69.1. The van der Waals surface area contributed by atoms with Crippen molar-refractivity contribution >= 4 is 40.8 Å². The van der Waals surface area contributed by atoms with Crippen LogP contribution >= 0.6 is 0 Å². The summed E-state index contributed by atoms with van der Waals surface area (Å²) < 4.78 is 32.3. The van der Waals surface area contributed by atoms with Crippen molar-refractivity contribution in [2.75, 3.05) is 32.6 Å². The molecule has 4 rings (SSSR count). The zero-order chi connectivity index (χ0) is 44.0. The van der Waals surface area contributed by atoms with Crippen LogP contribution in [0.2, 0.25) is 0 Å². The highest BCUT2D eigenvalue weighted by Crippen LogP contribution is 2.40. The molecule has 17 nitrogen and oxygen atoms in total. The molecule has 0 aromatic carbocycles. The van der Waals surface area contributed by atoms with Gasteiger partial charge in [-0.3, -0.25) is 19.2 Å². The summed E-state index contributed by atoms with van der Waals surface area (Å²) in [5.74, 6) is -5.39. The largest absolute Gasteiger partial charge is 0.459 e. The second-order valence-electron chi connectivity index (χ2n) is 17.0. The molecule has 330 valence electrons. The number of nitrogens with zero attached hydrogens (tertiary/aromatic N) is 4. The summed E-state index contributed by atoms with van der Waals surface area (Å²) in [6.45, 7) is 15.9. The Hall–Kier alpha value is -3.71. The van der Waals surface area contributed by atoms with Crippen molar-refractivity contribution in [1.29, 1.82) is 0 Å². The number of anilines is 1. The molecule has 0 saturated carbocycles. The van der Waals surface area contributed by atoms with Gasteiger partial charge < -0.3 is 49.0 Å². The number of rotatable bonds is 8. The molecule has 2 amide bonds. The van der Waals surface area contributed by atoms with E-state index < -0.39 is 83.2 Å². The van der Waals surface area contributed by atoms with Gasteiger partial charge in [0.05, 0.1) is 37.1 Å². The highest BCUT2D eigenvalue weighted by molar-refractivity contribution is 6.00. The SMILES string of the molecule is CC[C@H]1OC(=O)[C@H](C)C(=O)[C@H](C)[C@@H](O[C@@H]2O[C@H](C)C[C@H](N(C)C)[C@H]2O)[C@]2(C)C[C@@H](C)C(=NC(C)=O)[C@H](C)[C@@H](OC/C(=N/OCc3ccnc(NC(C)=O)c3)CO2)[C@]1(C)O. The van der Waals surface area contributed by atoms with Crippen molar-refractivity contribution in [1.82, 2.24) is 9.88 Å². The summed E-state index contributed by atoms with van der Waals surface area (Å²) in [7, 11) is 3.71. The lowest BCUT2D eigenvalue weighted by molar-refractivity contribution is -0.296. The second-order valence-corrected chi connectivity index (χ2v) is 17.0. The van der Waals surface area contributed by atoms with Crippen LogP contribution in [0.15, 0.2) is 28.5 Å². The van der Waals surface area contributed by atoms with E-state index in [2.05, 4.69) is 20.4 Å². The number of ether oxygens (including phenoxy) is 5. The van der Waals surface area contributed by atoms with E-state index in [1.807, 2.05) is 32.8 Å². The number of aliphatic hydroxyl groups is 2. The fraction of sp³-hybridized carbons (Fsp3) is 0.738. The minimum atomic E-state index is -1.87. The molecule has 3 fully saturated rings. The number of likely N-dealkylation sites (N-methyl/N-ethyl adjacent to an activating group) is 1. The molecule has 1 aromatic rings. The molecule has 3 saturated heterocycles. The number of cyclic esters (lactones) is 1. The van der Waals surface area contributed by atoms with Crippen molar-refractivity contribution in [3.05, 3.63) is 23.9 Å². The zero-order valence-corrected chi connectivity index (χ0v) is 36.6. The first-order valence-electron chi connectivity index (χ1n) is 20.5. The molecule has 17 heteroatoms. The maximum Gasteiger partial charge on any atom is 0.316 e. The van der Waals surface area contributed by atoms with Crippen molar-refractivity contribution in [2.24, 2.45) is 33.8 Å². The van der Waals surface area contributed by atoms with E-state index in [1.54, 1.807) is 39.8 Å². The van der Waals surface area contributed by atoms with Gasteiger partial charge in [-0.2, -0.15) is 0 Å². The van der Waals surface area contributed by atoms with Crippen LogP contribution < -0.4 is 5.32 Å². The molecule has 13 atom stereocenters. The van der Waals surface area contributed by atoms with Crippen LogP contribution in [0.3, 0.4) is 0 Å². The third-order valence-corrected chi connectivity index (χ3v) is 11.7. The zero-order valence-electron chi connectivity index (χ0n) is 36.6. The summed E-state index contributed by atoms with van der Waals surface area (Å²) >= 11 is 0. The van der Waals surface area contributed by atoms with Gasteiger partial charge in [0.25, 0.3) is 0 Å². The Kier molecular flexibility index (Phi) is 16.4. The van der Waals surface area contributed by atoms with Crippen LogP contribution in [0.1, 0.15) is 94.1 Å². The maximum atomic E-state index is 14.5. The first-order chi connectivity index (χ1) is 27.6. The summed E-state index contributed by atoms with van der Waals surface area (Å²) in [6, 6.07) is 3.02. The predicted octanol–water partition coefficient (Wildman–Crippen LogP) is 3.48. The van der Waals surface area contributed by atoms with Crippen LogP contribution in [0.5, 0.6) is 0 Å². The van der Waals surface area contributed by atoms with Crippen LogP contribution in [0.4, 0.5) is 5.82 Å². The molecule has 2 bridgehead atoms. The first kappa shape index (κ1) is 48.0. The second kappa shape index (κ2) is 20.2. The fourth-order valence-electron chi connectivity index (χ4n) is 8.62. The van der Waals surface area contributed by atoms with E-state index >= 15 is 0 Å². The minimum Gasteiger partial charge on any atom is -0.459 e. The van der Waals surface area contributed by atoms with Crippen LogP contribution in [0, 0.1) is 23.7 Å². The van der Waals surface area contributed by atoms with Crippen LogP contribution in [-0.4, -0.2) is 136 Å². The number of amides is 2. The average Bonchev–Trinajstić information content (AvgIpc) is 3.17. The van der Waals surface area contributed by atoms with Crippen molar-refractivity contribution in [2.45, 2.75) is 149 Å². The molecular formula is C42H65N5O12. The van der Waals surface area contributed by atoms with E-state index in [0.29, 0.717) is 23.5 Å². The number of esters is 1. The summed E-state index contributed by atoms with van der Waals surface area (Å²) in [5, 5.41) is 31.1. The third-order valence-electron chi connectivity index (χ3n) is 11.7. The molecular weight excluding hydrogens is 766 g/mol. The van der Waals surface area contributed by atoms with Gasteiger partial charge in [0.15, 0.2) is 12.1 Å². The summed E-state index contributed by atoms with van der Waals surface area (Å²) in [5.41, 5.74) is -2.00. The van der Waals surface area contributed by atoms with Crippen molar-refractivity contribution < 1.29 is 57.9 Å². The average molecular weight is 832 g/mol. The van der Waals surface area contributed by atoms with E-state index in [-0.39, 0.29) is 56.4 Å². The van der Waals surface area contributed by atoms with Gasteiger partial charge in [-0.15, -0.1) is 0 Å². The van der Waals surface area contributed by atoms with Gasteiger partial charge in [-0.25, -0.2) is 9.98 Å². The highest BCUT2D eigenvalue weighted by Gasteiger charge is 2.53. The number of carbonyl (C=O) groups is 4. The number of aliphatic imine (C=N–C) groups is 1. The molecule has 3 aliphatic rings. The van der Waals surface area contributed by atoms with Gasteiger partial charge in [0, 0.05) is 43.6 Å². The molecule has 59 heavy (non-hydrogen) atoms. The third kappa shape index (κ3) is 11.8. The Bertz CT molecular complexity index is 1720. The summed E-state index contributed by atoms with van der Waals surface area (Å²) in [6.07, 6.45) is -3.76. The van der Waals surface area contributed by atoms with Gasteiger partial charge in [-0.1, -0.05) is 32.9 Å². The lowest BCUT2D eigenvalue weighted by atomic mass is 9.73. The first-order valence-corrected chi connectivity index (χ1v) is 20.5. The predicted molar refractivity (Wildman–Crippen MR) is 217 cm³/mol. The Morgan fingerprint density at radius 3 is 2.41 bits per heavy atom. The Morgan fingerprint density at radius 1 is 1.08 bits per heavy atom. The fourth-order valence-corrected chi connectivity index (χ4v) is 8.62. The number of oxime groups is 1. The lowest BCUT2D eigenvalue weighted by Gasteiger charge is -2.47. The highest BCUT2D eigenvalue weighted by atomic mass is 16.7. The van der Waals surface area contributed by atoms with Gasteiger partial charge in [0.2, 0.25) is 11.8 Å². The molecule has 4 heterocycles. The Labute approximate surface area is 347 Å². The van der Waals surface area contributed by atoms with Crippen molar-refractivity contribution in [3.8, 4) is 0 Å². The molecule has 0 radical (unpaired) electrons. The van der Waals surface area contributed by atoms with E-state index in [4.69, 9.17) is 28.5 Å². The number of nitrogens with one attached hydrogen (secondary N) is 1. The standard InChI is InChI=1S/C42H65N5O12/c1-13-32-42(10,53)38-24(4)34(45-28(8)49)22(2)18-41(9,55-21-30(20-54-38)46-56-19-29-14-15-43-33(17-29)44-27(7)48)37(25(5)35(50)26(6)39(52)58-32)59-40-36(51)31(47(11)12)16-23(3)57-40/h14-15,17,22-26,31-32,36-38,40,51,53H,13,16,18-21H2,1-12H3,(H,43,44,48)/b45-34?,46-30-/t22-,23-,24+,25+,26-,31+,32-,36-,37-,38-,40+,41+,42-/m1/s1. The number of Topliss-reactive ketones (excluding diaryl/α,β-unsaturated/α-hetero) is 1. The van der Waals surface area contributed by atoms with Gasteiger partial charge >= 0.3 is 5.97 Å². The van der Waals surface area contributed by atoms with Gasteiger partial charge in [-0.05, 0) is 84.7 Å². The maximum absolute atomic E-state index is 14.5. The van der Waals surface area contributed by atoms with E-state index in [0.717, 1.165) is 0 Å². The van der Waals surface area contributed by atoms with Crippen molar-refractivity contribution in [3.63, 3.8) is 0 Å². The number of aromatic nitrogens is 1. The lowest BCUT2D eigenvalue weighted by Crippen LogP contribution is -2.60. The number of fused-ring (bicyclic) bond motifs is 5. The van der Waals surface area contributed by atoms with E-state index in [9.17, 15) is 29.4 Å². The number of aliphatic hydroxyl groups excluding tert-OH is 1. The van der Waals surface area contributed by atoms with Crippen LogP contribution in [0.25, 0.3) is 0 Å². The van der Waals surface area contributed by atoms with Crippen LogP contribution in [-0.2, 0) is 54.3 Å². The molecule has 0 aliphatic carbocycles. The number of carbonyl (C=O) groups excluding carboxylic acids is 4. The molecule has 3 N–H and O–H groups in total. The smallest absolute Gasteiger partial charge is 0.316 e. The molecule has 0 unspecified atom stereocenters. The number of hydrogen-bond donors (Lipinski definition) is 3. The minimum absolute atomic E-state index is 0.0228. The molecule has 0 spiro atoms. The van der Waals surface area contributed by atoms with Gasteiger partial charge in [0.1, 0.15) is 41.9 Å². The Balaban J connectivity index is 1.92. The Morgan fingerprint density at radius 2 is 1.78 bits per heavy atom. The number of hydrogen-bond acceptors (Lipinski definition) is 15. The van der Waals surface area contributed by atoms with E-state index in [1.165, 1.54) is 33.9 Å². The normalized spacial score (nSPS) is 37.9. The number of ketones is 1. The number of pyridine rings is 1. The molecule has 1 aromatic heterocycles. The topological polar surface area (TPSA) is 217 Å². The molecule has 3 aliphatic heterocycles. The quantitative estimate of drug-likeness (QED) is 0.194. The monoisotopic (exact) mass is 831 g/mol.